The Balaban J connectivity index is 1.76. The van der Waals surface area contributed by atoms with Crippen LogP contribution in [-0.4, -0.2) is 40.1 Å². The lowest BCUT2D eigenvalue weighted by Gasteiger charge is -2.30. The van der Waals surface area contributed by atoms with Gasteiger partial charge in [-0.05, 0) is 38.2 Å². The van der Waals surface area contributed by atoms with Gasteiger partial charge in [0.25, 0.3) is 11.6 Å². The fourth-order valence-corrected chi connectivity index (χ4v) is 3.47. The van der Waals surface area contributed by atoms with Gasteiger partial charge in [-0.2, -0.15) is 0 Å². The summed E-state index contributed by atoms with van der Waals surface area (Å²) in [4.78, 5) is 19.7. The Morgan fingerprint density at radius 2 is 2.08 bits per heavy atom. The molecular weight excluding hydrogens is 304 g/mol. The van der Waals surface area contributed by atoms with Crippen molar-refractivity contribution < 1.29 is 9.32 Å². The SMILES string of the molecule is CCCc1noc2nc(C3CC3)cc(C(=O)N3CCC(N)CC3)c12. The fraction of sp³-hybridized carbons (Fsp3) is 0.611. The molecule has 2 N–H and O–H groups in total. The fourth-order valence-electron chi connectivity index (χ4n) is 3.47. The summed E-state index contributed by atoms with van der Waals surface area (Å²) in [6.07, 6.45) is 5.75. The first-order chi connectivity index (χ1) is 11.7. The van der Waals surface area contributed by atoms with Gasteiger partial charge in [0, 0.05) is 30.7 Å². The smallest absolute Gasteiger partial charge is 0.259 e. The molecule has 0 bridgehead atoms. The minimum atomic E-state index is 0.0664. The molecule has 0 spiro atoms. The number of hydrogen-bond donors (Lipinski definition) is 1. The molecule has 0 atom stereocenters. The second-order valence-corrected chi connectivity index (χ2v) is 7.06. The Labute approximate surface area is 141 Å². The number of carbonyl (C=O) groups excluding carboxylic acids is 1. The van der Waals surface area contributed by atoms with Crippen molar-refractivity contribution in [2.24, 2.45) is 5.73 Å². The molecule has 0 aromatic carbocycles. The van der Waals surface area contributed by atoms with E-state index in [0.29, 0.717) is 17.2 Å². The molecule has 6 heteroatoms. The van der Waals surface area contributed by atoms with Crippen LogP contribution in [0.25, 0.3) is 11.1 Å². The number of carbonyl (C=O) groups is 1. The van der Waals surface area contributed by atoms with Gasteiger partial charge in [-0.15, -0.1) is 0 Å². The van der Waals surface area contributed by atoms with Gasteiger partial charge in [0.1, 0.15) is 0 Å². The number of nitrogens with two attached hydrogens (primary N) is 1. The van der Waals surface area contributed by atoms with Gasteiger partial charge in [-0.1, -0.05) is 18.5 Å². The third kappa shape index (κ3) is 2.79. The van der Waals surface area contributed by atoms with Crippen molar-refractivity contribution in [2.75, 3.05) is 13.1 Å². The van der Waals surface area contributed by atoms with Crippen molar-refractivity contribution in [3.05, 3.63) is 23.0 Å². The topological polar surface area (TPSA) is 85.2 Å². The maximum absolute atomic E-state index is 13.2. The lowest BCUT2D eigenvalue weighted by molar-refractivity contribution is 0.0716. The van der Waals surface area contributed by atoms with Crippen LogP contribution in [0.5, 0.6) is 0 Å². The van der Waals surface area contributed by atoms with Gasteiger partial charge in [-0.3, -0.25) is 4.79 Å². The second kappa shape index (κ2) is 6.16. The van der Waals surface area contributed by atoms with Gasteiger partial charge in [-0.25, -0.2) is 4.98 Å². The van der Waals surface area contributed by atoms with E-state index in [2.05, 4.69) is 17.1 Å². The number of hydrogen-bond acceptors (Lipinski definition) is 5. The van der Waals surface area contributed by atoms with Crippen LogP contribution in [-0.2, 0) is 6.42 Å². The van der Waals surface area contributed by atoms with E-state index >= 15 is 0 Å². The summed E-state index contributed by atoms with van der Waals surface area (Å²) in [6.45, 7) is 3.54. The number of amides is 1. The second-order valence-electron chi connectivity index (χ2n) is 7.06. The molecule has 6 nitrogen and oxygen atoms in total. The minimum absolute atomic E-state index is 0.0664. The quantitative estimate of drug-likeness (QED) is 0.932. The number of rotatable bonds is 4. The Morgan fingerprint density at radius 1 is 1.33 bits per heavy atom. The molecule has 1 saturated heterocycles. The molecule has 1 amide bonds. The van der Waals surface area contributed by atoms with Gasteiger partial charge in [0.2, 0.25) is 0 Å². The summed E-state index contributed by atoms with van der Waals surface area (Å²) in [5.74, 6) is 0.534. The van der Waals surface area contributed by atoms with Crippen molar-refractivity contribution in [3.63, 3.8) is 0 Å². The van der Waals surface area contributed by atoms with Gasteiger partial charge >= 0.3 is 0 Å². The number of aryl methyl sites for hydroxylation is 1. The molecule has 0 radical (unpaired) electrons. The lowest BCUT2D eigenvalue weighted by atomic mass is 10.0. The highest BCUT2D eigenvalue weighted by atomic mass is 16.5. The van der Waals surface area contributed by atoms with E-state index in [1.54, 1.807) is 0 Å². The van der Waals surface area contributed by atoms with Crippen molar-refractivity contribution in [2.45, 2.75) is 57.4 Å². The number of likely N-dealkylation sites (tertiary alicyclic amines) is 1. The van der Waals surface area contributed by atoms with Crippen LogP contribution in [0, 0.1) is 0 Å². The van der Waals surface area contributed by atoms with E-state index < -0.39 is 0 Å². The summed E-state index contributed by atoms with van der Waals surface area (Å²) in [5.41, 5.74) is 9.01. The molecule has 2 aliphatic rings. The number of nitrogens with zero attached hydrogens (tertiary/aromatic N) is 3. The first-order valence-electron chi connectivity index (χ1n) is 9.01. The maximum atomic E-state index is 13.2. The first kappa shape index (κ1) is 15.6. The van der Waals surface area contributed by atoms with Crippen LogP contribution in [0.2, 0.25) is 0 Å². The maximum Gasteiger partial charge on any atom is 0.259 e. The van der Waals surface area contributed by atoms with Crippen LogP contribution in [0.3, 0.4) is 0 Å². The third-order valence-electron chi connectivity index (χ3n) is 5.08. The predicted octanol–water partition coefficient (Wildman–Crippen LogP) is 2.62. The van der Waals surface area contributed by atoms with Gasteiger partial charge < -0.3 is 15.2 Å². The monoisotopic (exact) mass is 328 g/mol. The molecule has 0 unspecified atom stereocenters. The molecule has 4 rings (SSSR count). The average Bonchev–Trinajstić information content (AvgIpc) is 3.37. The van der Waals surface area contributed by atoms with Crippen LogP contribution in [0.4, 0.5) is 0 Å². The highest BCUT2D eigenvalue weighted by molar-refractivity contribution is 6.06. The molecule has 128 valence electrons. The Morgan fingerprint density at radius 3 is 2.75 bits per heavy atom. The summed E-state index contributed by atoms with van der Waals surface area (Å²) >= 11 is 0. The Bertz CT molecular complexity index is 758. The third-order valence-corrected chi connectivity index (χ3v) is 5.08. The Kier molecular flexibility index (Phi) is 4.00. The molecule has 2 aromatic heterocycles. The highest BCUT2D eigenvalue weighted by Gasteiger charge is 2.31. The Hall–Kier alpha value is -1.95. The summed E-state index contributed by atoms with van der Waals surface area (Å²) in [5, 5.41) is 4.98. The average molecular weight is 328 g/mol. The molecule has 1 aliphatic carbocycles. The molecule has 2 fully saturated rings. The minimum Gasteiger partial charge on any atom is -0.339 e. The largest absolute Gasteiger partial charge is 0.339 e. The predicted molar refractivity (Wildman–Crippen MR) is 90.9 cm³/mol. The van der Waals surface area contributed by atoms with Crippen molar-refractivity contribution in [1.82, 2.24) is 15.0 Å². The number of pyridine rings is 1. The molecular formula is C18H24N4O2. The van der Waals surface area contributed by atoms with E-state index in [4.69, 9.17) is 10.3 Å². The molecule has 1 aliphatic heterocycles. The van der Waals surface area contributed by atoms with Crippen molar-refractivity contribution in [1.29, 1.82) is 0 Å². The van der Waals surface area contributed by atoms with E-state index in [0.717, 1.165) is 68.4 Å². The van der Waals surface area contributed by atoms with Crippen molar-refractivity contribution in [3.8, 4) is 0 Å². The van der Waals surface area contributed by atoms with E-state index in [1.165, 1.54) is 0 Å². The number of piperidine rings is 1. The van der Waals surface area contributed by atoms with E-state index in [1.807, 2.05) is 11.0 Å². The summed E-state index contributed by atoms with van der Waals surface area (Å²) in [7, 11) is 0. The number of aromatic nitrogens is 2. The standard InChI is InChI=1S/C18H24N4O2/c1-2-3-14-16-13(18(23)22-8-6-12(19)7-9-22)10-15(11-4-5-11)20-17(16)24-21-14/h10-12H,2-9,19H2,1H3. The summed E-state index contributed by atoms with van der Waals surface area (Å²) in [6, 6.07) is 2.19. The zero-order chi connectivity index (χ0) is 16.7. The van der Waals surface area contributed by atoms with Crippen LogP contribution in [0.15, 0.2) is 10.6 Å². The van der Waals surface area contributed by atoms with Crippen LogP contribution in [0.1, 0.15) is 66.7 Å². The zero-order valence-electron chi connectivity index (χ0n) is 14.1. The molecule has 24 heavy (non-hydrogen) atoms. The van der Waals surface area contributed by atoms with Gasteiger partial charge in [0.05, 0.1) is 16.6 Å². The molecule has 2 aromatic rings. The number of fused-ring (bicyclic) bond motifs is 1. The molecule has 3 heterocycles. The lowest BCUT2D eigenvalue weighted by Crippen LogP contribution is -2.43. The zero-order valence-corrected chi connectivity index (χ0v) is 14.1. The van der Waals surface area contributed by atoms with E-state index in [9.17, 15) is 4.79 Å². The van der Waals surface area contributed by atoms with Gasteiger partial charge in [0.15, 0.2) is 0 Å². The van der Waals surface area contributed by atoms with E-state index in [-0.39, 0.29) is 11.9 Å². The molecule has 1 saturated carbocycles. The van der Waals surface area contributed by atoms with Crippen LogP contribution < -0.4 is 5.73 Å². The van der Waals surface area contributed by atoms with Crippen molar-refractivity contribution >= 4 is 17.0 Å². The normalized spacial score (nSPS) is 19.2. The first-order valence-corrected chi connectivity index (χ1v) is 9.01. The summed E-state index contributed by atoms with van der Waals surface area (Å²) < 4.78 is 5.46. The van der Waals surface area contributed by atoms with Crippen LogP contribution >= 0.6 is 0 Å². The highest BCUT2D eigenvalue weighted by Crippen LogP contribution is 2.40.